The minimum atomic E-state index is -4.54. The lowest BCUT2D eigenvalue weighted by Crippen LogP contribution is -2.44. The van der Waals surface area contributed by atoms with Crippen LogP contribution in [-0.2, 0) is 16.2 Å². The highest BCUT2D eigenvalue weighted by molar-refractivity contribution is 7.88. The molecule has 1 aromatic heterocycles. The molecule has 10 heteroatoms. The minimum absolute atomic E-state index is 0.148. The van der Waals surface area contributed by atoms with E-state index in [0.29, 0.717) is 19.4 Å². The molecule has 1 unspecified atom stereocenters. The maximum atomic E-state index is 12.6. The van der Waals surface area contributed by atoms with Crippen molar-refractivity contribution in [3.63, 3.8) is 0 Å². The lowest BCUT2D eigenvalue weighted by molar-refractivity contribution is -0.141. The van der Waals surface area contributed by atoms with Crippen molar-refractivity contribution < 1.29 is 21.6 Å². The Labute approximate surface area is 120 Å². The van der Waals surface area contributed by atoms with Crippen LogP contribution in [0, 0.1) is 0 Å². The highest BCUT2D eigenvalue weighted by Gasteiger charge is 2.33. The zero-order chi connectivity index (χ0) is 15.7. The van der Waals surface area contributed by atoms with Crippen LogP contribution >= 0.6 is 0 Å². The van der Waals surface area contributed by atoms with Crippen molar-refractivity contribution in [3.05, 3.63) is 18.0 Å². The number of anilines is 1. The molecule has 21 heavy (non-hydrogen) atoms. The van der Waals surface area contributed by atoms with Crippen LogP contribution in [0.4, 0.5) is 19.1 Å². The quantitative estimate of drug-likeness (QED) is 0.908. The first-order valence-electron chi connectivity index (χ1n) is 6.28. The van der Waals surface area contributed by atoms with E-state index in [9.17, 15) is 21.6 Å². The van der Waals surface area contributed by atoms with Gasteiger partial charge in [-0.25, -0.2) is 22.7 Å². The number of aromatic nitrogens is 2. The lowest BCUT2D eigenvalue weighted by Gasteiger charge is -2.31. The number of hydrogen-bond donors (Lipinski definition) is 1. The van der Waals surface area contributed by atoms with Gasteiger partial charge < -0.3 is 5.32 Å². The lowest BCUT2D eigenvalue weighted by atomic mass is 10.1. The summed E-state index contributed by atoms with van der Waals surface area (Å²) in [6, 6.07) is 0.478. The fourth-order valence-electron chi connectivity index (χ4n) is 2.13. The normalized spacial score (nSPS) is 21.2. The van der Waals surface area contributed by atoms with Crippen molar-refractivity contribution in [2.75, 3.05) is 24.7 Å². The second kappa shape index (κ2) is 5.76. The molecular weight excluding hydrogens is 309 g/mol. The van der Waals surface area contributed by atoms with Crippen LogP contribution in [0.2, 0.25) is 0 Å². The molecule has 2 heterocycles. The Kier molecular flexibility index (Phi) is 4.38. The third kappa shape index (κ3) is 4.27. The summed E-state index contributed by atoms with van der Waals surface area (Å²) in [4.78, 5) is 7.15. The zero-order valence-electron chi connectivity index (χ0n) is 11.3. The van der Waals surface area contributed by atoms with Crippen LogP contribution in [-0.4, -0.2) is 48.1 Å². The van der Waals surface area contributed by atoms with Crippen molar-refractivity contribution in [2.24, 2.45) is 0 Å². The summed E-state index contributed by atoms with van der Waals surface area (Å²) in [6.45, 7) is 0.610. The molecule has 1 aromatic rings. The summed E-state index contributed by atoms with van der Waals surface area (Å²) >= 11 is 0. The van der Waals surface area contributed by atoms with E-state index in [1.54, 1.807) is 0 Å². The summed E-state index contributed by atoms with van der Waals surface area (Å²) in [5.41, 5.74) is -1.03. The van der Waals surface area contributed by atoms with Crippen LogP contribution in [0.1, 0.15) is 18.5 Å². The molecule has 1 fully saturated rings. The van der Waals surface area contributed by atoms with Gasteiger partial charge in [-0.15, -0.1) is 0 Å². The van der Waals surface area contributed by atoms with Gasteiger partial charge in [0.2, 0.25) is 16.0 Å². The first kappa shape index (κ1) is 16.0. The van der Waals surface area contributed by atoms with Crippen LogP contribution in [0.5, 0.6) is 0 Å². The zero-order valence-corrected chi connectivity index (χ0v) is 12.1. The van der Waals surface area contributed by atoms with Crippen molar-refractivity contribution in [1.82, 2.24) is 14.3 Å². The Hall–Kier alpha value is -1.42. The number of hydrogen-bond acceptors (Lipinski definition) is 5. The molecule has 0 radical (unpaired) electrons. The summed E-state index contributed by atoms with van der Waals surface area (Å²) < 4.78 is 61.9. The van der Waals surface area contributed by atoms with Gasteiger partial charge in [0.25, 0.3) is 0 Å². The first-order chi connectivity index (χ1) is 9.66. The average Bonchev–Trinajstić information content (AvgIpc) is 2.37. The van der Waals surface area contributed by atoms with Crippen molar-refractivity contribution in [2.45, 2.75) is 25.1 Å². The number of rotatable bonds is 3. The number of alkyl halides is 3. The van der Waals surface area contributed by atoms with E-state index in [1.807, 2.05) is 0 Å². The maximum absolute atomic E-state index is 12.6. The molecule has 2 rings (SSSR count). The summed E-state index contributed by atoms with van der Waals surface area (Å²) in [5.74, 6) is -0.148. The van der Waals surface area contributed by atoms with E-state index < -0.39 is 21.9 Å². The van der Waals surface area contributed by atoms with Crippen LogP contribution in [0.25, 0.3) is 0 Å². The summed E-state index contributed by atoms with van der Waals surface area (Å²) in [7, 11) is -3.31. The Morgan fingerprint density at radius 3 is 2.76 bits per heavy atom. The molecule has 0 aliphatic carbocycles. The molecule has 0 saturated carbocycles. The van der Waals surface area contributed by atoms with Gasteiger partial charge in [0.15, 0.2) is 0 Å². The topological polar surface area (TPSA) is 75.2 Å². The molecule has 1 aliphatic heterocycles. The van der Waals surface area contributed by atoms with Gasteiger partial charge in [0.05, 0.1) is 6.26 Å². The van der Waals surface area contributed by atoms with E-state index in [-0.39, 0.29) is 18.5 Å². The van der Waals surface area contributed by atoms with Gasteiger partial charge >= 0.3 is 6.18 Å². The Bertz CT molecular complexity index is 606. The fourth-order valence-corrected chi connectivity index (χ4v) is 3.04. The number of sulfonamides is 1. The van der Waals surface area contributed by atoms with Gasteiger partial charge in [0.1, 0.15) is 5.69 Å². The van der Waals surface area contributed by atoms with Crippen LogP contribution < -0.4 is 5.32 Å². The van der Waals surface area contributed by atoms with Gasteiger partial charge in [-0.3, -0.25) is 0 Å². The SMILES string of the molecule is CS(=O)(=O)N1CCCC(Nc2nccc(C(F)(F)F)n2)C1. The monoisotopic (exact) mass is 324 g/mol. The fraction of sp³-hybridized carbons (Fsp3) is 0.636. The molecule has 118 valence electrons. The number of nitrogens with zero attached hydrogens (tertiary/aromatic N) is 3. The van der Waals surface area contributed by atoms with E-state index in [0.717, 1.165) is 18.5 Å². The molecule has 1 aliphatic rings. The molecule has 0 bridgehead atoms. The van der Waals surface area contributed by atoms with Gasteiger partial charge in [-0.2, -0.15) is 13.2 Å². The molecule has 1 N–H and O–H groups in total. The molecule has 0 amide bonds. The molecule has 0 aromatic carbocycles. The summed E-state index contributed by atoms with van der Waals surface area (Å²) in [6.07, 6.45) is -1.13. The Balaban J connectivity index is 2.08. The molecule has 6 nitrogen and oxygen atoms in total. The highest BCUT2D eigenvalue weighted by atomic mass is 32.2. The van der Waals surface area contributed by atoms with Crippen LogP contribution in [0.3, 0.4) is 0 Å². The average molecular weight is 324 g/mol. The largest absolute Gasteiger partial charge is 0.433 e. The molecule has 1 saturated heterocycles. The third-order valence-corrected chi connectivity index (χ3v) is 4.40. The van der Waals surface area contributed by atoms with Crippen molar-refractivity contribution in [1.29, 1.82) is 0 Å². The predicted molar refractivity (Wildman–Crippen MR) is 70.1 cm³/mol. The second-order valence-corrected chi connectivity index (χ2v) is 6.85. The van der Waals surface area contributed by atoms with E-state index in [4.69, 9.17) is 0 Å². The van der Waals surface area contributed by atoms with Gasteiger partial charge in [-0.05, 0) is 18.9 Å². The molecular formula is C11H15F3N4O2S. The highest BCUT2D eigenvalue weighted by Crippen LogP contribution is 2.27. The Morgan fingerprint density at radius 2 is 2.14 bits per heavy atom. The van der Waals surface area contributed by atoms with Crippen molar-refractivity contribution in [3.8, 4) is 0 Å². The van der Waals surface area contributed by atoms with E-state index >= 15 is 0 Å². The second-order valence-electron chi connectivity index (χ2n) is 4.87. The van der Waals surface area contributed by atoms with Crippen LogP contribution in [0.15, 0.2) is 12.3 Å². The molecule has 1 atom stereocenters. The standard InChI is InChI=1S/C11H15F3N4O2S/c1-21(19,20)18-6-2-3-8(7-18)16-10-15-5-4-9(17-10)11(12,13)14/h4-5,8H,2-3,6-7H2,1H3,(H,15,16,17). The van der Waals surface area contributed by atoms with E-state index in [2.05, 4.69) is 15.3 Å². The number of piperidine rings is 1. The third-order valence-electron chi connectivity index (χ3n) is 3.13. The number of halogens is 3. The van der Waals surface area contributed by atoms with Gasteiger partial charge in [0, 0.05) is 25.3 Å². The van der Waals surface area contributed by atoms with Crippen molar-refractivity contribution >= 4 is 16.0 Å². The molecule has 0 spiro atoms. The Morgan fingerprint density at radius 1 is 1.43 bits per heavy atom. The van der Waals surface area contributed by atoms with E-state index in [1.165, 1.54) is 4.31 Å². The summed E-state index contributed by atoms with van der Waals surface area (Å²) in [5, 5.41) is 2.77. The first-order valence-corrected chi connectivity index (χ1v) is 8.13. The maximum Gasteiger partial charge on any atom is 0.433 e. The van der Waals surface area contributed by atoms with Gasteiger partial charge in [-0.1, -0.05) is 0 Å². The minimum Gasteiger partial charge on any atom is -0.350 e. The number of nitrogens with one attached hydrogen (secondary N) is 1. The smallest absolute Gasteiger partial charge is 0.350 e. The predicted octanol–water partition coefficient (Wildman–Crippen LogP) is 1.33.